The van der Waals surface area contributed by atoms with Gasteiger partial charge in [-0.05, 0) is 35.0 Å². The van der Waals surface area contributed by atoms with Crippen LogP contribution in [0.5, 0.6) is 0 Å². The number of benzene rings is 5. The molecule has 0 aliphatic heterocycles. The van der Waals surface area contributed by atoms with E-state index in [4.69, 9.17) is 0 Å². The molecular weight excluding hydrogens is 424 g/mol. The maximum Gasteiger partial charge on any atom is 0.194 e. The summed E-state index contributed by atoms with van der Waals surface area (Å²) in [5.41, 5.74) is 2.04. The van der Waals surface area contributed by atoms with Gasteiger partial charge < -0.3 is 0 Å². The van der Waals surface area contributed by atoms with Crippen LogP contribution in [0.3, 0.4) is 0 Å². The minimum Gasteiger partial charge on any atom is -0.289 e. The SMILES string of the molecule is O=C(c1ccc2sc3ccccc3c2c1)c1ccccc1C(=O)c1cccc2ccccc12. The van der Waals surface area contributed by atoms with Gasteiger partial charge in [0.05, 0.1) is 0 Å². The van der Waals surface area contributed by atoms with Crippen molar-refractivity contribution in [2.75, 3.05) is 0 Å². The van der Waals surface area contributed by atoms with E-state index in [-0.39, 0.29) is 11.6 Å². The zero-order chi connectivity index (χ0) is 22.4. The van der Waals surface area contributed by atoms with Gasteiger partial charge in [0.1, 0.15) is 0 Å². The third kappa shape index (κ3) is 3.25. The number of carbonyl (C=O) groups is 2. The van der Waals surface area contributed by atoms with E-state index in [0.29, 0.717) is 22.3 Å². The number of ketones is 2. The van der Waals surface area contributed by atoms with Crippen molar-refractivity contribution in [2.45, 2.75) is 0 Å². The predicted molar refractivity (Wildman–Crippen MR) is 137 cm³/mol. The number of hydrogen-bond donors (Lipinski definition) is 0. The molecule has 0 saturated heterocycles. The number of hydrogen-bond acceptors (Lipinski definition) is 3. The first kappa shape index (κ1) is 19.6. The third-order valence-electron chi connectivity index (χ3n) is 6.09. The van der Waals surface area contributed by atoms with Crippen molar-refractivity contribution in [2.24, 2.45) is 0 Å². The highest BCUT2D eigenvalue weighted by atomic mass is 32.1. The Hall–Kier alpha value is -4.08. The van der Waals surface area contributed by atoms with Gasteiger partial charge in [-0.3, -0.25) is 9.59 Å². The Morgan fingerprint density at radius 1 is 0.485 bits per heavy atom. The second kappa shape index (κ2) is 7.80. The highest BCUT2D eigenvalue weighted by molar-refractivity contribution is 7.25. The molecule has 0 radical (unpaired) electrons. The minimum absolute atomic E-state index is 0.141. The average molecular weight is 443 g/mol. The summed E-state index contributed by atoms with van der Waals surface area (Å²) in [6.45, 7) is 0. The van der Waals surface area contributed by atoms with E-state index in [1.54, 1.807) is 23.5 Å². The molecule has 2 nitrogen and oxygen atoms in total. The van der Waals surface area contributed by atoms with Crippen molar-refractivity contribution in [3.63, 3.8) is 0 Å². The van der Waals surface area contributed by atoms with E-state index >= 15 is 0 Å². The zero-order valence-electron chi connectivity index (χ0n) is 17.6. The molecular formula is C30H18O2S. The van der Waals surface area contributed by atoms with Gasteiger partial charge in [-0.2, -0.15) is 0 Å². The molecule has 0 amide bonds. The molecule has 1 aromatic heterocycles. The van der Waals surface area contributed by atoms with Gasteiger partial charge in [-0.1, -0.05) is 84.9 Å². The molecule has 156 valence electrons. The van der Waals surface area contributed by atoms with Crippen LogP contribution in [-0.2, 0) is 0 Å². The van der Waals surface area contributed by atoms with Crippen molar-refractivity contribution in [3.05, 3.63) is 131 Å². The fraction of sp³-hybridized carbons (Fsp3) is 0. The van der Waals surface area contributed by atoms with Crippen LogP contribution in [0.15, 0.2) is 109 Å². The van der Waals surface area contributed by atoms with Crippen LogP contribution in [0.2, 0.25) is 0 Å². The Labute approximate surface area is 194 Å². The average Bonchev–Trinajstić information content (AvgIpc) is 3.25. The van der Waals surface area contributed by atoms with Crippen LogP contribution in [0, 0.1) is 0 Å². The van der Waals surface area contributed by atoms with Crippen LogP contribution in [0.1, 0.15) is 31.8 Å². The van der Waals surface area contributed by atoms with E-state index in [9.17, 15) is 9.59 Å². The number of fused-ring (bicyclic) bond motifs is 4. The van der Waals surface area contributed by atoms with Crippen molar-refractivity contribution in [1.29, 1.82) is 0 Å². The summed E-state index contributed by atoms with van der Waals surface area (Å²) in [6, 6.07) is 34.7. The van der Waals surface area contributed by atoms with Crippen molar-refractivity contribution in [1.82, 2.24) is 0 Å². The maximum absolute atomic E-state index is 13.6. The van der Waals surface area contributed by atoms with E-state index in [1.165, 1.54) is 4.70 Å². The fourth-order valence-electron chi connectivity index (χ4n) is 4.47. The summed E-state index contributed by atoms with van der Waals surface area (Å²) < 4.78 is 2.34. The van der Waals surface area contributed by atoms with Crippen molar-refractivity contribution in [3.8, 4) is 0 Å². The van der Waals surface area contributed by atoms with Gasteiger partial charge in [0, 0.05) is 42.4 Å². The van der Waals surface area contributed by atoms with Gasteiger partial charge >= 0.3 is 0 Å². The first-order chi connectivity index (χ1) is 16.2. The molecule has 0 N–H and O–H groups in total. The third-order valence-corrected chi connectivity index (χ3v) is 7.24. The summed E-state index contributed by atoms with van der Waals surface area (Å²) >= 11 is 1.72. The Kier molecular flexibility index (Phi) is 4.63. The smallest absolute Gasteiger partial charge is 0.194 e. The molecule has 0 aliphatic carbocycles. The van der Waals surface area contributed by atoms with Gasteiger partial charge in [-0.25, -0.2) is 0 Å². The molecule has 6 aromatic rings. The predicted octanol–water partition coefficient (Wildman–Crippen LogP) is 7.67. The van der Waals surface area contributed by atoms with Crippen LogP contribution in [0.4, 0.5) is 0 Å². The lowest BCUT2D eigenvalue weighted by Crippen LogP contribution is -2.11. The lowest BCUT2D eigenvalue weighted by atomic mass is 9.91. The lowest BCUT2D eigenvalue weighted by Gasteiger charge is -2.10. The van der Waals surface area contributed by atoms with E-state index < -0.39 is 0 Å². The van der Waals surface area contributed by atoms with Crippen molar-refractivity contribution >= 4 is 53.8 Å². The van der Waals surface area contributed by atoms with E-state index in [0.717, 1.165) is 26.2 Å². The van der Waals surface area contributed by atoms with Crippen LogP contribution in [0.25, 0.3) is 30.9 Å². The molecule has 0 spiro atoms. The second-order valence-corrected chi connectivity index (χ2v) is 9.12. The highest BCUT2D eigenvalue weighted by Gasteiger charge is 2.21. The molecule has 0 bridgehead atoms. The Morgan fingerprint density at radius 2 is 1.09 bits per heavy atom. The number of rotatable bonds is 4. The van der Waals surface area contributed by atoms with E-state index in [1.807, 2.05) is 84.9 Å². The summed E-state index contributed by atoms with van der Waals surface area (Å²) in [6.07, 6.45) is 0. The first-order valence-electron chi connectivity index (χ1n) is 10.8. The van der Waals surface area contributed by atoms with Crippen molar-refractivity contribution < 1.29 is 9.59 Å². The number of thiophene rings is 1. The fourth-order valence-corrected chi connectivity index (χ4v) is 5.56. The van der Waals surface area contributed by atoms with Gasteiger partial charge in [-0.15, -0.1) is 11.3 Å². The lowest BCUT2D eigenvalue weighted by molar-refractivity contribution is 0.100. The Bertz CT molecular complexity index is 1700. The highest BCUT2D eigenvalue weighted by Crippen LogP contribution is 2.34. The quantitative estimate of drug-likeness (QED) is 0.263. The molecule has 3 heteroatoms. The molecule has 1 heterocycles. The van der Waals surface area contributed by atoms with Crippen LogP contribution >= 0.6 is 11.3 Å². The summed E-state index contributed by atoms with van der Waals surface area (Å²) in [5, 5.41) is 4.10. The Balaban J connectivity index is 1.47. The zero-order valence-corrected chi connectivity index (χ0v) is 18.4. The topological polar surface area (TPSA) is 34.1 Å². The summed E-state index contributed by atoms with van der Waals surface area (Å²) in [5.74, 6) is -0.283. The van der Waals surface area contributed by atoms with Gasteiger partial charge in [0.2, 0.25) is 0 Å². The van der Waals surface area contributed by atoms with Gasteiger partial charge in [0.25, 0.3) is 0 Å². The van der Waals surface area contributed by atoms with E-state index in [2.05, 4.69) is 12.1 Å². The normalized spacial score (nSPS) is 11.3. The molecule has 0 aliphatic rings. The molecule has 33 heavy (non-hydrogen) atoms. The monoisotopic (exact) mass is 442 g/mol. The molecule has 0 saturated carbocycles. The first-order valence-corrected chi connectivity index (χ1v) is 11.6. The number of carbonyl (C=O) groups excluding carboxylic acids is 2. The van der Waals surface area contributed by atoms with Crippen LogP contribution < -0.4 is 0 Å². The van der Waals surface area contributed by atoms with Crippen LogP contribution in [-0.4, -0.2) is 11.6 Å². The summed E-state index contributed by atoms with van der Waals surface area (Å²) in [4.78, 5) is 27.2. The minimum atomic E-state index is -0.142. The molecule has 5 aromatic carbocycles. The molecule has 0 atom stereocenters. The maximum atomic E-state index is 13.6. The molecule has 0 fully saturated rings. The molecule has 6 rings (SSSR count). The second-order valence-electron chi connectivity index (χ2n) is 8.04. The Morgan fingerprint density at radius 3 is 1.94 bits per heavy atom. The molecule has 0 unspecified atom stereocenters. The summed E-state index contributed by atoms with van der Waals surface area (Å²) in [7, 11) is 0. The largest absolute Gasteiger partial charge is 0.289 e. The van der Waals surface area contributed by atoms with Gasteiger partial charge in [0.15, 0.2) is 11.6 Å². The standard InChI is InChI=1S/C30H18O2S/c31-29(20-16-17-28-26(18-20)22-11-5-6-15-27(22)33-28)24-12-3-4-13-25(24)30(32)23-14-7-9-19-8-1-2-10-21(19)23/h1-18H.